The van der Waals surface area contributed by atoms with Gasteiger partial charge in [-0.3, -0.25) is 10.1 Å². The quantitative estimate of drug-likeness (QED) is 0.799. The Morgan fingerprint density at radius 1 is 1.53 bits per heavy atom. The molecule has 2 N–H and O–H groups in total. The maximum atomic E-state index is 11.3. The molecule has 0 radical (unpaired) electrons. The van der Waals surface area contributed by atoms with E-state index in [0.717, 1.165) is 15.6 Å². The number of hydrogen-bond donors (Lipinski definition) is 2. The highest BCUT2D eigenvalue weighted by atomic mass is 32.1. The molecule has 1 aromatic heterocycles. The molecule has 1 heterocycles. The molecule has 0 saturated heterocycles. The Labute approximate surface area is 103 Å². The zero-order chi connectivity index (χ0) is 12.3. The number of carbonyl (C=O) groups is 1. The Morgan fingerprint density at radius 3 is 3.00 bits per heavy atom. The Hall–Kier alpha value is -1.65. The molecule has 0 aliphatic heterocycles. The first-order chi connectivity index (χ1) is 8.24. The van der Waals surface area contributed by atoms with Gasteiger partial charge in [0.2, 0.25) is 0 Å². The van der Waals surface area contributed by atoms with Crippen molar-refractivity contribution in [2.75, 3.05) is 6.54 Å². The molecule has 0 aliphatic carbocycles. The third kappa shape index (κ3) is 2.38. The number of fused-ring (bicyclic) bond motifs is 1. The van der Waals surface area contributed by atoms with Crippen LogP contribution >= 0.6 is 11.3 Å². The predicted molar refractivity (Wildman–Crippen MR) is 70.4 cm³/mol. The molecule has 3 nitrogen and oxygen atoms in total. The van der Waals surface area contributed by atoms with Gasteiger partial charge in [-0.05, 0) is 22.4 Å². The van der Waals surface area contributed by atoms with E-state index in [9.17, 15) is 9.90 Å². The Morgan fingerprint density at radius 2 is 2.29 bits per heavy atom. The predicted octanol–water partition coefficient (Wildman–Crippen LogP) is 2.80. The monoisotopic (exact) mass is 247 g/mol. The third-order valence-electron chi connectivity index (χ3n) is 2.54. The molecular weight excluding hydrogens is 234 g/mol. The van der Waals surface area contributed by atoms with Gasteiger partial charge >= 0.3 is 5.97 Å². The molecule has 1 unspecified atom stereocenters. The Balaban J connectivity index is 2.41. The number of thiophene rings is 1. The van der Waals surface area contributed by atoms with Crippen molar-refractivity contribution in [2.45, 2.75) is 6.04 Å². The van der Waals surface area contributed by atoms with Crippen LogP contribution in [0.1, 0.15) is 11.6 Å². The molecule has 0 fully saturated rings. The number of carboxylic acids is 1. The van der Waals surface area contributed by atoms with E-state index >= 15 is 0 Å². The first kappa shape index (κ1) is 11.8. The SMILES string of the molecule is C=CCNC(C(=O)O)c1csc2ccccc12. The lowest BCUT2D eigenvalue weighted by molar-refractivity contribution is -0.139. The fraction of sp³-hybridized carbons (Fsp3) is 0.154. The largest absolute Gasteiger partial charge is 0.480 e. The zero-order valence-electron chi connectivity index (χ0n) is 9.22. The van der Waals surface area contributed by atoms with Gasteiger partial charge in [-0.25, -0.2) is 0 Å². The van der Waals surface area contributed by atoms with Gasteiger partial charge in [-0.1, -0.05) is 24.3 Å². The summed E-state index contributed by atoms with van der Waals surface area (Å²) in [6.07, 6.45) is 1.66. The molecule has 1 aromatic carbocycles. The minimum atomic E-state index is -0.865. The van der Waals surface area contributed by atoms with Gasteiger partial charge in [0, 0.05) is 11.2 Å². The van der Waals surface area contributed by atoms with Crippen LogP contribution in [0.3, 0.4) is 0 Å². The third-order valence-corrected chi connectivity index (χ3v) is 3.52. The van der Waals surface area contributed by atoms with Gasteiger partial charge < -0.3 is 5.11 Å². The van der Waals surface area contributed by atoms with E-state index in [1.807, 2.05) is 29.6 Å². The fourth-order valence-corrected chi connectivity index (χ4v) is 2.74. The van der Waals surface area contributed by atoms with Crippen LogP contribution in [-0.4, -0.2) is 17.6 Å². The summed E-state index contributed by atoms with van der Waals surface area (Å²) in [6.45, 7) is 4.06. The molecule has 0 bridgehead atoms. The van der Waals surface area contributed by atoms with Crippen molar-refractivity contribution in [2.24, 2.45) is 0 Å². The van der Waals surface area contributed by atoms with E-state index in [-0.39, 0.29) is 0 Å². The van der Waals surface area contributed by atoms with Crippen LogP contribution in [0.4, 0.5) is 0 Å². The summed E-state index contributed by atoms with van der Waals surface area (Å²) >= 11 is 1.56. The van der Waals surface area contributed by atoms with Crippen molar-refractivity contribution in [3.63, 3.8) is 0 Å². The van der Waals surface area contributed by atoms with E-state index in [4.69, 9.17) is 0 Å². The summed E-state index contributed by atoms with van der Waals surface area (Å²) in [6, 6.07) is 7.15. The van der Waals surface area contributed by atoms with E-state index in [1.165, 1.54) is 0 Å². The second kappa shape index (κ2) is 5.12. The van der Waals surface area contributed by atoms with Gasteiger partial charge in [-0.15, -0.1) is 17.9 Å². The molecule has 0 amide bonds. The topological polar surface area (TPSA) is 49.3 Å². The van der Waals surface area contributed by atoms with Crippen LogP contribution in [0, 0.1) is 0 Å². The van der Waals surface area contributed by atoms with Crippen LogP contribution in [0.5, 0.6) is 0 Å². The number of aliphatic carboxylic acids is 1. The first-order valence-electron chi connectivity index (χ1n) is 5.27. The molecular formula is C13H13NO2S. The first-order valence-corrected chi connectivity index (χ1v) is 6.15. The number of carboxylic acid groups (broad SMARTS) is 1. The highest BCUT2D eigenvalue weighted by Crippen LogP contribution is 2.30. The number of hydrogen-bond acceptors (Lipinski definition) is 3. The lowest BCUT2D eigenvalue weighted by atomic mass is 10.1. The molecule has 0 saturated carbocycles. The maximum Gasteiger partial charge on any atom is 0.325 e. The molecule has 88 valence electrons. The average molecular weight is 247 g/mol. The second-order valence-corrected chi connectivity index (χ2v) is 4.57. The fourth-order valence-electron chi connectivity index (χ4n) is 1.75. The van der Waals surface area contributed by atoms with Crippen molar-refractivity contribution in [1.29, 1.82) is 0 Å². The van der Waals surface area contributed by atoms with Gasteiger partial charge in [0.15, 0.2) is 0 Å². The molecule has 0 aliphatic rings. The Kier molecular flexibility index (Phi) is 3.56. The highest BCUT2D eigenvalue weighted by molar-refractivity contribution is 7.17. The lowest BCUT2D eigenvalue weighted by Gasteiger charge is -2.12. The molecule has 17 heavy (non-hydrogen) atoms. The summed E-state index contributed by atoms with van der Waals surface area (Å²) in [5, 5.41) is 15.1. The van der Waals surface area contributed by atoms with E-state index in [2.05, 4.69) is 11.9 Å². The molecule has 2 rings (SSSR count). The van der Waals surface area contributed by atoms with Crippen LogP contribution < -0.4 is 5.32 Å². The molecule has 2 aromatic rings. The maximum absolute atomic E-state index is 11.3. The van der Waals surface area contributed by atoms with Gasteiger partial charge in [0.05, 0.1) is 0 Å². The summed E-state index contributed by atoms with van der Waals surface area (Å²) in [5.74, 6) is -0.865. The minimum Gasteiger partial charge on any atom is -0.480 e. The zero-order valence-corrected chi connectivity index (χ0v) is 10.0. The smallest absolute Gasteiger partial charge is 0.325 e. The summed E-state index contributed by atoms with van der Waals surface area (Å²) < 4.78 is 1.11. The van der Waals surface area contributed by atoms with Crippen molar-refractivity contribution < 1.29 is 9.90 Å². The van der Waals surface area contributed by atoms with Gasteiger partial charge in [-0.2, -0.15) is 0 Å². The summed E-state index contributed by atoms with van der Waals surface area (Å²) in [4.78, 5) is 11.3. The standard InChI is InChI=1S/C13H13NO2S/c1-2-7-14-12(13(15)16)10-8-17-11-6-4-3-5-9(10)11/h2-6,8,12,14H,1,7H2,(H,15,16). The minimum absolute atomic E-state index is 0.473. The Bertz CT molecular complexity index is 547. The number of rotatable bonds is 5. The van der Waals surface area contributed by atoms with Crippen molar-refractivity contribution in [3.8, 4) is 0 Å². The van der Waals surface area contributed by atoms with E-state index in [1.54, 1.807) is 17.4 Å². The van der Waals surface area contributed by atoms with Gasteiger partial charge in [0.1, 0.15) is 6.04 Å². The second-order valence-electron chi connectivity index (χ2n) is 3.66. The van der Waals surface area contributed by atoms with Crippen molar-refractivity contribution >= 4 is 27.4 Å². The van der Waals surface area contributed by atoms with Crippen LogP contribution in [0.25, 0.3) is 10.1 Å². The van der Waals surface area contributed by atoms with Crippen molar-refractivity contribution in [1.82, 2.24) is 5.32 Å². The summed E-state index contributed by atoms with van der Waals surface area (Å²) in [5.41, 5.74) is 0.819. The average Bonchev–Trinajstić information content (AvgIpc) is 2.73. The van der Waals surface area contributed by atoms with Gasteiger partial charge in [0.25, 0.3) is 0 Å². The number of nitrogens with one attached hydrogen (secondary N) is 1. The van der Waals surface area contributed by atoms with Crippen LogP contribution in [0.15, 0.2) is 42.3 Å². The highest BCUT2D eigenvalue weighted by Gasteiger charge is 2.21. The van der Waals surface area contributed by atoms with Crippen LogP contribution in [-0.2, 0) is 4.79 Å². The molecule has 1 atom stereocenters. The van der Waals surface area contributed by atoms with Crippen LogP contribution in [0.2, 0.25) is 0 Å². The van der Waals surface area contributed by atoms with Crippen molar-refractivity contribution in [3.05, 3.63) is 47.9 Å². The van der Waals surface area contributed by atoms with E-state index < -0.39 is 12.0 Å². The molecule has 4 heteroatoms. The molecule has 0 spiro atoms. The normalized spacial score (nSPS) is 12.5. The lowest BCUT2D eigenvalue weighted by Crippen LogP contribution is -2.28. The summed E-state index contributed by atoms with van der Waals surface area (Å²) in [7, 11) is 0. The number of benzene rings is 1. The van der Waals surface area contributed by atoms with E-state index in [0.29, 0.717) is 6.54 Å².